The minimum Gasteiger partial charge on any atom is -0.348 e. The molecule has 1 aliphatic rings. The zero-order valence-corrected chi connectivity index (χ0v) is 15.7. The van der Waals surface area contributed by atoms with Crippen LogP contribution in [0.5, 0.6) is 0 Å². The molecular formula is C18H26N4OS. The monoisotopic (exact) mass is 346 g/mol. The Kier molecular flexibility index (Phi) is 4.76. The predicted octanol–water partition coefficient (Wildman–Crippen LogP) is 3.88. The van der Waals surface area contributed by atoms with Gasteiger partial charge in [-0.15, -0.1) is 11.3 Å². The minimum absolute atomic E-state index is 0.0532. The Bertz CT molecular complexity index is 713. The van der Waals surface area contributed by atoms with Gasteiger partial charge in [0.05, 0.1) is 6.20 Å². The quantitative estimate of drug-likeness (QED) is 0.917. The Morgan fingerprint density at radius 2 is 2.08 bits per heavy atom. The highest BCUT2D eigenvalue weighted by atomic mass is 32.1. The Morgan fingerprint density at radius 3 is 2.75 bits per heavy atom. The lowest BCUT2D eigenvalue weighted by molar-refractivity contribution is 0.0826. The van der Waals surface area contributed by atoms with Gasteiger partial charge in [-0.1, -0.05) is 33.6 Å². The largest absolute Gasteiger partial charge is 0.348 e. The molecule has 1 saturated carbocycles. The second kappa shape index (κ2) is 6.67. The molecule has 130 valence electrons. The van der Waals surface area contributed by atoms with Gasteiger partial charge < -0.3 is 5.32 Å². The number of amides is 1. The number of hydrogen-bond acceptors (Lipinski definition) is 4. The average molecular weight is 346 g/mol. The summed E-state index contributed by atoms with van der Waals surface area (Å²) in [5.74, 6) is 0.467. The summed E-state index contributed by atoms with van der Waals surface area (Å²) in [5.41, 5.74) is 1.67. The standard InChI is InChI=1S/C18H26N4OS/c1-18(2,3)13-7-5-6-8-14(13)20-16(23)15-11-24-17(21-15)12-9-19-22(4)10-12/h9-11,13-14H,5-8H2,1-4H3,(H,20,23)/t13-,14+/m1/s1. The number of aromatic nitrogens is 3. The van der Waals surface area contributed by atoms with Gasteiger partial charge in [-0.2, -0.15) is 5.10 Å². The van der Waals surface area contributed by atoms with E-state index in [1.54, 1.807) is 10.9 Å². The van der Waals surface area contributed by atoms with Gasteiger partial charge in [0.1, 0.15) is 10.7 Å². The van der Waals surface area contributed by atoms with Gasteiger partial charge in [0.15, 0.2) is 0 Å². The number of aryl methyl sites for hydroxylation is 1. The first kappa shape index (κ1) is 17.1. The fourth-order valence-corrected chi connectivity index (χ4v) is 4.40. The maximum absolute atomic E-state index is 12.6. The van der Waals surface area contributed by atoms with E-state index in [1.165, 1.54) is 30.6 Å². The van der Waals surface area contributed by atoms with Gasteiger partial charge in [-0.3, -0.25) is 9.48 Å². The zero-order chi connectivity index (χ0) is 17.3. The smallest absolute Gasteiger partial charge is 0.271 e. The van der Waals surface area contributed by atoms with Crippen molar-refractivity contribution in [3.63, 3.8) is 0 Å². The molecular weight excluding hydrogens is 320 g/mol. The second-order valence-electron chi connectivity index (χ2n) is 7.78. The summed E-state index contributed by atoms with van der Waals surface area (Å²) in [7, 11) is 1.88. The molecule has 2 aromatic rings. The van der Waals surface area contributed by atoms with E-state index in [2.05, 4.69) is 36.2 Å². The van der Waals surface area contributed by atoms with E-state index < -0.39 is 0 Å². The number of carbonyl (C=O) groups is 1. The van der Waals surface area contributed by atoms with E-state index in [9.17, 15) is 4.79 Å². The lowest BCUT2D eigenvalue weighted by Crippen LogP contribution is -2.46. The summed E-state index contributed by atoms with van der Waals surface area (Å²) >= 11 is 1.49. The molecule has 0 radical (unpaired) electrons. The Labute approximate surface area is 147 Å². The number of carbonyl (C=O) groups excluding carboxylic acids is 1. The lowest BCUT2D eigenvalue weighted by Gasteiger charge is -2.40. The molecule has 5 nitrogen and oxygen atoms in total. The number of thiazole rings is 1. The van der Waals surface area contributed by atoms with Gasteiger partial charge in [-0.05, 0) is 24.2 Å². The summed E-state index contributed by atoms with van der Waals surface area (Å²) in [6, 6.07) is 0.245. The summed E-state index contributed by atoms with van der Waals surface area (Å²) in [5, 5.41) is 10.1. The van der Waals surface area contributed by atoms with Gasteiger partial charge in [0.2, 0.25) is 0 Å². The van der Waals surface area contributed by atoms with Gasteiger partial charge in [0.25, 0.3) is 5.91 Å². The van der Waals surface area contributed by atoms with Crippen LogP contribution in [0.15, 0.2) is 17.8 Å². The molecule has 0 saturated heterocycles. The van der Waals surface area contributed by atoms with Crippen molar-refractivity contribution in [1.82, 2.24) is 20.1 Å². The average Bonchev–Trinajstić information content (AvgIpc) is 3.15. The molecule has 2 aromatic heterocycles. The molecule has 6 heteroatoms. The van der Waals surface area contributed by atoms with Crippen LogP contribution in [0.25, 0.3) is 10.6 Å². The van der Waals surface area contributed by atoms with Crippen molar-refractivity contribution in [2.45, 2.75) is 52.5 Å². The van der Waals surface area contributed by atoms with Crippen LogP contribution in [0.3, 0.4) is 0 Å². The molecule has 0 aliphatic heterocycles. The fourth-order valence-electron chi connectivity index (χ4n) is 3.62. The van der Waals surface area contributed by atoms with Crippen LogP contribution in [0.4, 0.5) is 0 Å². The molecule has 1 aliphatic carbocycles. The van der Waals surface area contributed by atoms with Crippen molar-refractivity contribution in [2.75, 3.05) is 0 Å². The van der Waals surface area contributed by atoms with Crippen molar-refractivity contribution in [1.29, 1.82) is 0 Å². The maximum atomic E-state index is 12.6. The molecule has 1 fully saturated rings. The summed E-state index contributed by atoms with van der Waals surface area (Å²) < 4.78 is 1.74. The molecule has 1 amide bonds. The van der Waals surface area contributed by atoms with Crippen LogP contribution >= 0.6 is 11.3 Å². The van der Waals surface area contributed by atoms with Crippen molar-refractivity contribution in [2.24, 2.45) is 18.4 Å². The van der Waals surface area contributed by atoms with Gasteiger partial charge in [-0.25, -0.2) is 4.98 Å². The van der Waals surface area contributed by atoms with Crippen LogP contribution in [0.2, 0.25) is 0 Å². The molecule has 2 heterocycles. The van der Waals surface area contributed by atoms with Crippen molar-refractivity contribution in [3.8, 4) is 10.6 Å². The fraction of sp³-hybridized carbons (Fsp3) is 0.611. The summed E-state index contributed by atoms with van der Waals surface area (Å²) in [6.45, 7) is 6.81. The van der Waals surface area contributed by atoms with Crippen LogP contribution in [0, 0.1) is 11.3 Å². The maximum Gasteiger partial charge on any atom is 0.271 e. The minimum atomic E-state index is -0.0532. The van der Waals surface area contributed by atoms with Crippen LogP contribution in [0.1, 0.15) is 56.9 Å². The lowest BCUT2D eigenvalue weighted by atomic mass is 9.69. The van der Waals surface area contributed by atoms with E-state index in [1.807, 2.05) is 18.6 Å². The van der Waals surface area contributed by atoms with Gasteiger partial charge in [0, 0.05) is 30.2 Å². The molecule has 0 bridgehead atoms. The normalized spacial score (nSPS) is 21.7. The van der Waals surface area contributed by atoms with Crippen molar-refractivity contribution in [3.05, 3.63) is 23.5 Å². The molecule has 24 heavy (non-hydrogen) atoms. The number of nitrogens with one attached hydrogen (secondary N) is 1. The Morgan fingerprint density at radius 1 is 1.33 bits per heavy atom. The van der Waals surface area contributed by atoms with Crippen LogP contribution < -0.4 is 5.32 Å². The third-order valence-corrected chi connectivity index (χ3v) is 5.77. The summed E-state index contributed by atoms with van der Waals surface area (Å²) in [4.78, 5) is 17.1. The molecule has 0 aromatic carbocycles. The molecule has 0 unspecified atom stereocenters. The second-order valence-corrected chi connectivity index (χ2v) is 8.64. The topological polar surface area (TPSA) is 59.8 Å². The number of nitrogens with zero attached hydrogens (tertiary/aromatic N) is 3. The highest BCUT2D eigenvalue weighted by molar-refractivity contribution is 7.13. The summed E-state index contributed by atoms with van der Waals surface area (Å²) in [6.07, 6.45) is 8.39. The molecule has 2 atom stereocenters. The molecule has 3 rings (SSSR count). The van der Waals surface area contributed by atoms with Gasteiger partial charge >= 0.3 is 0 Å². The Balaban J connectivity index is 1.71. The predicted molar refractivity (Wildman–Crippen MR) is 97.0 cm³/mol. The first-order valence-corrected chi connectivity index (χ1v) is 9.48. The third-order valence-electron chi connectivity index (χ3n) is 4.88. The highest BCUT2D eigenvalue weighted by Crippen LogP contribution is 2.38. The molecule has 1 N–H and O–H groups in total. The molecule has 0 spiro atoms. The van der Waals surface area contributed by atoms with E-state index >= 15 is 0 Å². The Hall–Kier alpha value is -1.69. The first-order chi connectivity index (χ1) is 11.3. The van der Waals surface area contributed by atoms with E-state index in [0.717, 1.165) is 17.0 Å². The van der Waals surface area contributed by atoms with E-state index in [4.69, 9.17) is 0 Å². The van der Waals surface area contributed by atoms with Crippen LogP contribution in [-0.4, -0.2) is 26.7 Å². The van der Waals surface area contributed by atoms with E-state index in [0.29, 0.717) is 11.6 Å². The number of rotatable bonds is 3. The third kappa shape index (κ3) is 3.69. The highest BCUT2D eigenvalue weighted by Gasteiger charge is 2.35. The van der Waals surface area contributed by atoms with Crippen molar-refractivity contribution >= 4 is 17.2 Å². The first-order valence-electron chi connectivity index (χ1n) is 8.60. The van der Waals surface area contributed by atoms with E-state index in [-0.39, 0.29) is 17.4 Å². The zero-order valence-electron chi connectivity index (χ0n) is 14.9. The van der Waals surface area contributed by atoms with Crippen molar-refractivity contribution < 1.29 is 4.79 Å². The van der Waals surface area contributed by atoms with Crippen LogP contribution in [-0.2, 0) is 7.05 Å². The number of hydrogen-bond donors (Lipinski definition) is 1. The SMILES string of the molecule is Cn1cc(-c2nc(C(=O)N[C@H]3CCCC[C@H]3C(C)(C)C)cs2)cn1.